The number of carbonyl (C=O) groups is 2. The summed E-state index contributed by atoms with van der Waals surface area (Å²) in [6.45, 7) is 3.63. The Kier molecular flexibility index (Phi) is 7.48. The van der Waals surface area contributed by atoms with Gasteiger partial charge in [0.05, 0.1) is 11.3 Å². The maximum atomic E-state index is 15.3. The van der Waals surface area contributed by atoms with Gasteiger partial charge in [-0.15, -0.1) is 0 Å². The third-order valence-corrected chi connectivity index (χ3v) is 7.32. The molecular weight excluding hydrogens is 530 g/mol. The highest BCUT2D eigenvalue weighted by Crippen LogP contribution is 2.41. The molecule has 3 heterocycles. The molecule has 7 nitrogen and oxygen atoms in total. The molecule has 1 aliphatic carbocycles. The SMILES string of the molecule is CC1OC(=O)c2cc(Oc3ncc(Cc4cccnc4)cc3C(F)(F)F)c(F)cc2N1C(=O)[C@H]1CC[C@H](C)CC1. The van der Waals surface area contributed by atoms with E-state index in [0.29, 0.717) is 24.3 Å². The van der Waals surface area contributed by atoms with Gasteiger partial charge in [0, 0.05) is 43.1 Å². The molecule has 0 spiro atoms. The van der Waals surface area contributed by atoms with E-state index >= 15 is 4.39 Å². The van der Waals surface area contributed by atoms with Gasteiger partial charge < -0.3 is 9.47 Å². The van der Waals surface area contributed by atoms with Gasteiger partial charge in [-0.2, -0.15) is 13.2 Å². The maximum absolute atomic E-state index is 15.3. The standard InChI is InChI=1S/C29H27F4N3O4/c1-16-5-7-20(8-6-16)27(37)36-17(2)39-28(38)21-12-25(23(30)13-24(21)36)40-26-22(29(31,32)33)11-19(15-35-26)10-18-4-3-9-34-14-18/h3-4,9,11-17,20H,5-8,10H2,1-2H3/t16-,17?,20-. The number of carbonyl (C=O) groups excluding carboxylic acids is 2. The monoisotopic (exact) mass is 557 g/mol. The zero-order valence-corrected chi connectivity index (χ0v) is 21.9. The largest absolute Gasteiger partial charge is 0.438 e. The van der Waals surface area contributed by atoms with Gasteiger partial charge in [0.1, 0.15) is 5.56 Å². The maximum Gasteiger partial charge on any atom is 0.421 e. The van der Waals surface area contributed by atoms with Crippen LogP contribution in [0.15, 0.2) is 48.9 Å². The Morgan fingerprint density at radius 2 is 1.85 bits per heavy atom. The van der Waals surface area contributed by atoms with E-state index in [4.69, 9.17) is 9.47 Å². The highest BCUT2D eigenvalue weighted by molar-refractivity contribution is 6.06. The number of anilines is 1. The summed E-state index contributed by atoms with van der Waals surface area (Å²) in [5.41, 5.74) is -0.462. The zero-order chi connectivity index (χ0) is 28.6. The lowest BCUT2D eigenvalue weighted by atomic mass is 9.82. The predicted octanol–water partition coefficient (Wildman–Crippen LogP) is 6.69. The smallest absolute Gasteiger partial charge is 0.421 e. The van der Waals surface area contributed by atoms with Gasteiger partial charge in [0.15, 0.2) is 17.8 Å². The lowest BCUT2D eigenvalue weighted by Crippen LogP contribution is -2.48. The van der Waals surface area contributed by atoms with Crippen molar-refractivity contribution in [3.63, 3.8) is 0 Å². The third-order valence-electron chi connectivity index (χ3n) is 7.32. The zero-order valence-electron chi connectivity index (χ0n) is 21.9. The van der Waals surface area contributed by atoms with Gasteiger partial charge in [0.25, 0.3) is 0 Å². The number of benzene rings is 1. The van der Waals surface area contributed by atoms with Crippen molar-refractivity contribution in [3.05, 3.63) is 77.0 Å². The fourth-order valence-electron chi connectivity index (χ4n) is 5.17. The summed E-state index contributed by atoms with van der Waals surface area (Å²) in [7, 11) is 0. The van der Waals surface area contributed by atoms with E-state index < -0.39 is 41.4 Å². The number of fused-ring (bicyclic) bond motifs is 1. The Bertz CT molecular complexity index is 1420. The molecule has 1 saturated carbocycles. The van der Waals surface area contributed by atoms with E-state index in [-0.39, 0.29) is 35.1 Å². The van der Waals surface area contributed by atoms with Crippen molar-refractivity contribution in [2.45, 2.75) is 58.4 Å². The van der Waals surface area contributed by atoms with Crippen molar-refractivity contribution in [2.75, 3.05) is 4.90 Å². The topological polar surface area (TPSA) is 81.6 Å². The van der Waals surface area contributed by atoms with Gasteiger partial charge in [0.2, 0.25) is 11.8 Å². The average molecular weight is 558 g/mol. The summed E-state index contributed by atoms with van der Waals surface area (Å²) < 4.78 is 67.8. The molecule has 2 aliphatic rings. The van der Waals surface area contributed by atoms with Crippen LogP contribution in [-0.4, -0.2) is 28.1 Å². The number of rotatable bonds is 5. The van der Waals surface area contributed by atoms with Gasteiger partial charge in [-0.1, -0.05) is 13.0 Å². The van der Waals surface area contributed by atoms with Crippen molar-refractivity contribution in [3.8, 4) is 11.6 Å². The van der Waals surface area contributed by atoms with E-state index in [1.54, 1.807) is 18.3 Å². The van der Waals surface area contributed by atoms with Crippen LogP contribution >= 0.6 is 0 Å². The molecule has 1 fully saturated rings. The van der Waals surface area contributed by atoms with Crippen molar-refractivity contribution in [1.82, 2.24) is 9.97 Å². The van der Waals surface area contributed by atoms with Crippen molar-refractivity contribution in [2.24, 2.45) is 11.8 Å². The van der Waals surface area contributed by atoms with Crippen molar-refractivity contribution in [1.29, 1.82) is 0 Å². The normalized spacial score (nSPS) is 21.0. The number of aromatic nitrogens is 2. The Hall–Kier alpha value is -4.02. The second-order valence-electron chi connectivity index (χ2n) is 10.3. The molecule has 0 saturated heterocycles. The van der Waals surface area contributed by atoms with Gasteiger partial charge in [-0.25, -0.2) is 14.2 Å². The molecule has 2 aromatic heterocycles. The molecule has 40 heavy (non-hydrogen) atoms. The molecule has 0 radical (unpaired) electrons. The third kappa shape index (κ3) is 5.64. The van der Waals surface area contributed by atoms with Crippen LogP contribution in [0.3, 0.4) is 0 Å². The van der Waals surface area contributed by atoms with E-state index in [2.05, 4.69) is 16.9 Å². The van der Waals surface area contributed by atoms with Gasteiger partial charge in [-0.3, -0.25) is 14.7 Å². The van der Waals surface area contributed by atoms with E-state index in [9.17, 15) is 22.8 Å². The minimum absolute atomic E-state index is 0.00644. The average Bonchev–Trinajstić information content (AvgIpc) is 2.90. The van der Waals surface area contributed by atoms with Crippen molar-refractivity contribution < 1.29 is 36.6 Å². The molecule has 0 bridgehead atoms. The number of halogens is 4. The number of hydrogen-bond acceptors (Lipinski definition) is 6. The first kappa shape index (κ1) is 27.5. The Labute approximate surface area is 228 Å². The Morgan fingerprint density at radius 1 is 1.10 bits per heavy atom. The fraction of sp³-hybridized carbons (Fsp3) is 0.379. The Balaban J connectivity index is 1.46. The van der Waals surface area contributed by atoms with Gasteiger partial charge in [-0.05, 0) is 61.8 Å². The molecule has 210 valence electrons. The van der Waals surface area contributed by atoms with E-state index in [1.165, 1.54) is 24.2 Å². The van der Waals surface area contributed by atoms with Crippen molar-refractivity contribution >= 4 is 17.6 Å². The number of amides is 1. The molecule has 3 aromatic rings. The van der Waals surface area contributed by atoms with Crippen LogP contribution in [0.1, 0.15) is 66.6 Å². The van der Waals surface area contributed by atoms with Gasteiger partial charge >= 0.3 is 12.1 Å². The van der Waals surface area contributed by atoms with Crippen LogP contribution in [0, 0.1) is 17.7 Å². The molecule has 1 aromatic carbocycles. The first-order chi connectivity index (χ1) is 19.0. The van der Waals surface area contributed by atoms with Crippen LogP contribution in [0.5, 0.6) is 11.6 Å². The number of pyridine rings is 2. The number of nitrogens with zero attached hydrogens (tertiary/aromatic N) is 3. The summed E-state index contributed by atoms with van der Waals surface area (Å²) in [5.74, 6) is -3.50. The van der Waals surface area contributed by atoms with E-state index in [1.807, 2.05) is 0 Å². The predicted molar refractivity (Wildman–Crippen MR) is 136 cm³/mol. The first-order valence-electron chi connectivity index (χ1n) is 13.0. The van der Waals surface area contributed by atoms with Crippen LogP contribution in [0.2, 0.25) is 0 Å². The molecule has 1 atom stereocenters. The van der Waals surface area contributed by atoms with Crippen LogP contribution < -0.4 is 9.64 Å². The number of hydrogen-bond donors (Lipinski definition) is 0. The summed E-state index contributed by atoms with van der Waals surface area (Å²) in [5, 5.41) is 0. The van der Waals surface area contributed by atoms with Crippen LogP contribution in [-0.2, 0) is 22.1 Å². The highest BCUT2D eigenvalue weighted by Gasteiger charge is 2.40. The molecule has 1 aliphatic heterocycles. The molecule has 1 amide bonds. The first-order valence-corrected chi connectivity index (χ1v) is 13.0. The second kappa shape index (κ2) is 10.9. The molecule has 1 unspecified atom stereocenters. The fourth-order valence-corrected chi connectivity index (χ4v) is 5.17. The lowest BCUT2D eigenvalue weighted by Gasteiger charge is -2.37. The highest BCUT2D eigenvalue weighted by atomic mass is 19.4. The summed E-state index contributed by atoms with van der Waals surface area (Å²) in [6.07, 6.45) is 1.69. The van der Waals surface area contributed by atoms with Crippen LogP contribution in [0.25, 0.3) is 0 Å². The molecule has 5 rings (SSSR count). The second-order valence-corrected chi connectivity index (χ2v) is 10.3. The minimum atomic E-state index is -4.85. The van der Waals surface area contributed by atoms with E-state index in [0.717, 1.165) is 31.0 Å². The molecule has 0 N–H and O–H groups in total. The number of ether oxygens (including phenoxy) is 2. The van der Waals surface area contributed by atoms with Crippen LogP contribution in [0.4, 0.5) is 23.2 Å². The molecular formula is C29H27F4N3O4. The number of esters is 1. The molecule has 11 heteroatoms. The summed E-state index contributed by atoms with van der Waals surface area (Å²) in [6, 6.07) is 6.14. The number of cyclic esters (lactones) is 1. The summed E-state index contributed by atoms with van der Waals surface area (Å²) >= 11 is 0. The minimum Gasteiger partial charge on any atom is -0.438 e. The Morgan fingerprint density at radius 3 is 2.52 bits per heavy atom. The quantitative estimate of drug-likeness (QED) is 0.257. The lowest BCUT2D eigenvalue weighted by molar-refractivity contribution is -0.139. The number of alkyl halides is 3. The summed E-state index contributed by atoms with van der Waals surface area (Å²) in [4.78, 5) is 35.1.